The highest BCUT2D eigenvalue weighted by atomic mass is 17.0. The Labute approximate surface area is 89.0 Å². The number of allylic oxidation sites excluding steroid dienone is 1. The third-order valence-electron chi connectivity index (χ3n) is 2.24. The first kappa shape index (κ1) is 11.4. The summed E-state index contributed by atoms with van der Waals surface area (Å²) in [5.41, 5.74) is 1.35. The highest BCUT2D eigenvalue weighted by Gasteiger charge is 1.96. The quantitative estimate of drug-likeness (QED) is 0.444. The molecule has 0 aliphatic rings. The Morgan fingerprint density at radius 1 is 1.00 bits per heavy atom. The van der Waals surface area contributed by atoms with Gasteiger partial charge in [0.2, 0.25) is 0 Å². The standard InChI is InChI=1S/C13H12.H2O2/c1-2-6-11-8-5-9-12-7-3-4-10-13(11)12;1-2/h2-5,7-10H,1,6H2;1-2H. The van der Waals surface area contributed by atoms with Crippen molar-refractivity contribution in [1.29, 1.82) is 0 Å². The second-order valence-corrected chi connectivity index (χ2v) is 3.13. The van der Waals surface area contributed by atoms with Crippen molar-refractivity contribution in [3.8, 4) is 0 Å². The minimum absolute atomic E-state index is 0.946. The molecule has 2 nitrogen and oxygen atoms in total. The first-order chi connectivity index (χ1) is 7.42. The molecule has 0 radical (unpaired) electrons. The van der Waals surface area contributed by atoms with E-state index in [1.807, 2.05) is 6.08 Å². The average molecular weight is 202 g/mol. The molecule has 2 heteroatoms. The minimum Gasteiger partial charge on any atom is -0.255 e. The maximum Gasteiger partial charge on any atom is -0.00940 e. The summed E-state index contributed by atoms with van der Waals surface area (Å²) in [5, 5.41) is 14.6. The highest BCUT2D eigenvalue weighted by molar-refractivity contribution is 5.85. The zero-order chi connectivity index (χ0) is 11.1. The smallest absolute Gasteiger partial charge is 0.00940 e. The summed E-state index contributed by atoms with van der Waals surface area (Å²) in [7, 11) is 0. The van der Waals surface area contributed by atoms with Gasteiger partial charge in [0, 0.05) is 0 Å². The second-order valence-electron chi connectivity index (χ2n) is 3.13. The van der Waals surface area contributed by atoms with Gasteiger partial charge in [0.05, 0.1) is 0 Å². The molecule has 0 unspecified atom stereocenters. The molecule has 0 amide bonds. The van der Waals surface area contributed by atoms with Crippen molar-refractivity contribution in [2.45, 2.75) is 6.42 Å². The molecule has 0 saturated carbocycles. The van der Waals surface area contributed by atoms with Gasteiger partial charge >= 0.3 is 0 Å². The van der Waals surface area contributed by atoms with Crippen LogP contribution in [0.3, 0.4) is 0 Å². The number of fused-ring (bicyclic) bond motifs is 1. The first-order valence-corrected chi connectivity index (χ1v) is 4.69. The zero-order valence-corrected chi connectivity index (χ0v) is 8.43. The Balaban J connectivity index is 0.000000531. The fraction of sp³-hybridized carbons (Fsp3) is 0.0769. The van der Waals surface area contributed by atoms with Crippen LogP contribution < -0.4 is 0 Å². The van der Waals surface area contributed by atoms with Crippen molar-refractivity contribution in [3.05, 3.63) is 60.7 Å². The minimum atomic E-state index is 0.946. The number of hydrogen-bond acceptors (Lipinski definition) is 2. The molecule has 0 bridgehead atoms. The van der Waals surface area contributed by atoms with Crippen molar-refractivity contribution in [2.75, 3.05) is 0 Å². The van der Waals surface area contributed by atoms with E-state index in [-0.39, 0.29) is 0 Å². The van der Waals surface area contributed by atoms with Gasteiger partial charge in [0.15, 0.2) is 0 Å². The van der Waals surface area contributed by atoms with Crippen molar-refractivity contribution in [1.82, 2.24) is 0 Å². The molecule has 2 N–H and O–H groups in total. The van der Waals surface area contributed by atoms with Crippen LogP contribution in [0.5, 0.6) is 0 Å². The van der Waals surface area contributed by atoms with E-state index >= 15 is 0 Å². The predicted molar refractivity (Wildman–Crippen MR) is 63.1 cm³/mol. The molecule has 0 spiro atoms. The summed E-state index contributed by atoms with van der Waals surface area (Å²) >= 11 is 0. The molecular formula is C13H14O2. The molecule has 0 saturated heterocycles. The fourth-order valence-corrected chi connectivity index (χ4v) is 1.63. The van der Waals surface area contributed by atoms with Gasteiger partial charge in [0.25, 0.3) is 0 Å². The molecule has 2 aromatic carbocycles. The maximum atomic E-state index is 6.00. The van der Waals surface area contributed by atoms with Gasteiger partial charge in [-0.25, -0.2) is 0 Å². The molecule has 2 aromatic rings. The van der Waals surface area contributed by atoms with Gasteiger partial charge in [0.1, 0.15) is 0 Å². The average Bonchev–Trinajstić information content (AvgIpc) is 2.33. The van der Waals surface area contributed by atoms with E-state index in [0.29, 0.717) is 0 Å². The monoisotopic (exact) mass is 202 g/mol. The predicted octanol–water partition coefficient (Wildman–Crippen LogP) is 3.59. The molecule has 0 heterocycles. The lowest BCUT2D eigenvalue weighted by atomic mass is 10.0. The largest absolute Gasteiger partial charge is 0.255 e. The summed E-state index contributed by atoms with van der Waals surface area (Å²) in [6.45, 7) is 3.76. The summed E-state index contributed by atoms with van der Waals surface area (Å²) in [6.07, 6.45) is 2.89. The zero-order valence-electron chi connectivity index (χ0n) is 8.43. The van der Waals surface area contributed by atoms with Crippen LogP contribution in [0.4, 0.5) is 0 Å². The molecule has 15 heavy (non-hydrogen) atoms. The molecule has 2 rings (SSSR count). The Hall–Kier alpha value is -1.64. The van der Waals surface area contributed by atoms with Crippen LogP contribution in [-0.2, 0) is 6.42 Å². The second kappa shape index (κ2) is 5.96. The normalized spacial score (nSPS) is 9.20. The van der Waals surface area contributed by atoms with Gasteiger partial charge in [-0.15, -0.1) is 6.58 Å². The SMILES string of the molecule is C=CCc1cccc2ccccc12.OO. The Bertz CT molecular complexity index is 430. The topological polar surface area (TPSA) is 40.5 Å². The third-order valence-corrected chi connectivity index (χ3v) is 2.24. The van der Waals surface area contributed by atoms with E-state index in [1.54, 1.807) is 0 Å². The molecule has 78 valence electrons. The van der Waals surface area contributed by atoms with E-state index in [0.717, 1.165) is 6.42 Å². The number of benzene rings is 2. The summed E-state index contributed by atoms with van der Waals surface area (Å²) in [4.78, 5) is 0. The van der Waals surface area contributed by atoms with Gasteiger partial charge in [-0.1, -0.05) is 48.5 Å². The lowest BCUT2D eigenvalue weighted by Crippen LogP contribution is -1.82. The molecule has 0 aliphatic carbocycles. The van der Waals surface area contributed by atoms with E-state index in [9.17, 15) is 0 Å². The van der Waals surface area contributed by atoms with Gasteiger partial charge < -0.3 is 0 Å². The molecule has 0 atom stereocenters. The van der Waals surface area contributed by atoms with Crippen LogP contribution in [0, 0.1) is 0 Å². The molecule has 0 aliphatic heterocycles. The summed E-state index contributed by atoms with van der Waals surface area (Å²) in [5.74, 6) is 0. The third kappa shape index (κ3) is 2.65. The van der Waals surface area contributed by atoms with Crippen molar-refractivity contribution in [2.24, 2.45) is 0 Å². The van der Waals surface area contributed by atoms with Crippen LogP contribution >= 0.6 is 0 Å². The van der Waals surface area contributed by atoms with Crippen molar-refractivity contribution in [3.63, 3.8) is 0 Å². The molecular weight excluding hydrogens is 188 g/mol. The van der Waals surface area contributed by atoms with E-state index in [2.05, 4.69) is 49.0 Å². The van der Waals surface area contributed by atoms with Gasteiger partial charge in [-0.3, -0.25) is 10.5 Å². The Kier molecular flexibility index (Phi) is 4.54. The molecule has 0 fully saturated rings. The van der Waals surface area contributed by atoms with Crippen molar-refractivity contribution < 1.29 is 10.5 Å². The Morgan fingerprint density at radius 3 is 2.40 bits per heavy atom. The first-order valence-electron chi connectivity index (χ1n) is 4.69. The highest BCUT2D eigenvalue weighted by Crippen LogP contribution is 2.18. The number of rotatable bonds is 2. The summed E-state index contributed by atoms with van der Waals surface area (Å²) < 4.78 is 0. The summed E-state index contributed by atoms with van der Waals surface area (Å²) in [6, 6.07) is 14.8. The van der Waals surface area contributed by atoms with Crippen LogP contribution in [0.2, 0.25) is 0 Å². The van der Waals surface area contributed by atoms with Crippen LogP contribution in [-0.4, -0.2) is 10.5 Å². The van der Waals surface area contributed by atoms with E-state index in [4.69, 9.17) is 10.5 Å². The lowest BCUT2D eigenvalue weighted by molar-refractivity contribution is -0.176. The number of hydrogen-bond donors (Lipinski definition) is 2. The van der Waals surface area contributed by atoms with Crippen LogP contribution in [0.25, 0.3) is 10.8 Å². The van der Waals surface area contributed by atoms with Crippen molar-refractivity contribution >= 4 is 10.8 Å². The van der Waals surface area contributed by atoms with Crippen LogP contribution in [0.15, 0.2) is 55.1 Å². The Morgan fingerprint density at radius 2 is 1.67 bits per heavy atom. The lowest BCUT2D eigenvalue weighted by Gasteiger charge is -2.02. The van der Waals surface area contributed by atoms with Gasteiger partial charge in [-0.2, -0.15) is 0 Å². The fourth-order valence-electron chi connectivity index (χ4n) is 1.63. The maximum absolute atomic E-state index is 6.00. The van der Waals surface area contributed by atoms with Crippen LogP contribution in [0.1, 0.15) is 5.56 Å². The van der Waals surface area contributed by atoms with E-state index in [1.165, 1.54) is 16.3 Å². The molecule has 0 aromatic heterocycles. The van der Waals surface area contributed by atoms with E-state index < -0.39 is 0 Å². The van der Waals surface area contributed by atoms with Gasteiger partial charge in [-0.05, 0) is 22.8 Å².